The van der Waals surface area contributed by atoms with Crippen LogP contribution in [0.15, 0.2) is 104 Å². The lowest BCUT2D eigenvalue weighted by Gasteiger charge is -2.43. The van der Waals surface area contributed by atoms with E-state index >= 15 is 0 Å². The predicted octanol–water partition coefficient (Wildman–Crippen LogP) is 6.30. The number of hydrogen-bond donors (Lipinski definition) is 0. The fraction of sp³-hybridized carbons (Fsp3) is 0.303. The maximum absolute atomic E-state index is 7.37. The Kier molecular flexibility index (Phi) is 8.52. The monoisotopic (exact) mass is 614 g/mol. The molecule has 1 saturated heterocycles. The van der Waals surface area contributed by atoms with Crippen molar-refractivity contribution in [2.75, 3.05) is 12.4 Å². The van der Waals surface area contributed by atoms with E-state index in [-0.39, 0.29) is 22.4 Å². The first-order valence-electron chi connectivity index (χ1n) is 14.2. The Morgan fingerprint density at radius 1 is 0.881 bits per heavy atom. The molecule has 2 aromatic heterocycles. The number of benzene rings is 3. The zero-order valence-electron chi connectivity index (χ0n) is 24.1. The zero-order valence-corrected chi connectivity index (χ0v) is 26.6. The van der Waals surface area contributed by atoms with Crippen molar-refractivity contribution in [1.29, 1.82) is 0 Å². The van der Waals surface area contributed by atoms with E-state index < -0.39 is 8.32 Å². The molecule has 0 radical (unpaired) electrons. The van der Waals surface area contributed by atoms with Gasteiger partial charge in [-0.2, -0.15) is 11.8 Å². The summed E-state index contributed by atoms with van der Waals surface area (Å²) in [6.07, 6.45) is 3.19. The smallest absolute Gasteiger partial charge is 0.261 e. The summed E-state index contributed by atoms with van der Waals surface area (Å²) < 4.78 is 16.2. The molecule has 0 aliphatic carbocycles. The van der Waals surface area contributed by atoms with Crippen LogP contribution in [0.3, 0.4) is 0 Å². The van der Waals surface area contributed by atoms with Crippen molar-refractivity contribution in [3.63, 3.8) is 0 Å². The van der Waals surface area contributed by atoms with Crippen LogP contribution in [0.5, 0.6) is 0 Å². The van der Waals surface area contributed by atoms with E-state index in [0.29, 0.717) is 23.9 Å². The second-order valence-electron chi connectivity index (χ2n) is 11.7. The molecule has 6 nitrogen and oxygen atoms in total. The number of hydrogen-bond acceptors (Lipinski definition) is 6. The van der Waals surface area contributed by atoms with E-state index in [4.69, 9.17) is 20.8 Å². The molecule has 5 aromatic rings. The molecule has 0 amide bonds. The average Bonchev–Trinajstić information content (AvgIpc) is 3.62. The molecule has 3 atom stereocenters. The van der Waals surface area contributed by atoms with Crippen molar-refractivity contribution in [2.45, 2.75) is 49.8 Å². The number of rotatable bonds is 9. The molecule has 9 heteroatoms. The van der Waals surface area contributed by atoms with Crippen LogP contribution < -0.4 is 10.4 Å². The molecule has 1 aliphatic heterocycles. The van der Waals surface area contributed by atoms with E-state index in [1.54, 1.807) is 0 Å². The SMILES string of the molecule is CC(C)(C)[Si](OC[C@H]1SC[C@@H](n2cnc3c(Cl)ncnc32)[C@@H]1OCc1ccccc1)(c1ccccc1)c1ccccc1. The van der Waals surface area contributed by atoms with Crippen LogP contribution >= 0.6 is 23.4 Å². The average molecular weight is 615 g/mol. The molecule has 42 heavy (non-hydrogen) atoms. The Hall–Kier alpha value is -3.01. The number of halogens is 1. The van der Waals surface area contributed by atoms with Crippen LogP contribution in [0.25, 0.3) is 11.2 Å². The van der Waals surface area contributed by atoms with Gasteiger partial charge in [0.15, 0.2) is 10.8 Å². The lowest BCUT2D eigenvalue weighted by atomic mass is 10.1. The maximum Gasteiger partial charge on any atom is 0.261 e. The molecule has 0 bridgehead atoms. The molecular weight excluding hydrogens is 580 g/mol. The molecule has 3 aromatic carbocycles. The van der Waals surface area contributed by atoms with Gasteiger partial charge in [-0.3, -0.25) is 0 Å². The molecule has 1 fully saturated rings. The van der Waals surface area contributed by atoms with Crippen molar-refractivity contribution >= 4 is 53.2 Å². The van der Waals surface area contributed by atoms with Gasteiger partial charge in [0.1, 0.15) is 11.8 Å². The number of aromatic nitrogens is 4. The van der Waals surface area contributed by atoms with Gasteiger partial charge < -0.3 is 13.7 Å². The van der Waals surface area contributed by atoms with E-state index in [9.17, 15) is 0 Å². The number of imidazole rings is 1. The zero-order chi connectivity index (χ0) is 29.2. The summed E-state index contributed by atoms with van der Waals surface area (Å²) in [6, 6.07) is 31.9. The van der Waals surface area contributed by atoms with E-state index in [2.05, 4.69) is 113 Å². The summed E-state index contributed by atoms with van der Waals surface area (Å²) in [6.45, 7) is 8.02. The Morgan fingerprint density at radius 3 is 2.12 bits per heavy atom. The maximum atomic E-state index is 7.37. The quantitative estimate of drug-likeness (QED) is 0.143. The van der Waals surface area contributed by atoms with Gasteiger partial charge in [-0.05, 0) is 21.0 Å². The number of nitrogens with zero attached hydrogens (tertiary/aromatic N) is 4. The minimum atomic E-state index is -2.70. The molecular formula is C33H35ClN4O2SSi. The molecule has 3 heterocycles. The van der Waals surface area contributed by atoms with Crippen molar-refractivity contribution in [2.24, 2.45) is 0 Å². The second-order valence-corrected chi connectivity index (χ2v) is 17.6. The van der Waals surface area contributed by atoms with Crippen LogP contribution in [0.2, 0.25) is 10.2 Å². The van der Waals surface area contributed by atoms with Crippen molar-refractivity contribution in [3.8, 4) is 0 Å². The molecule has 216 valence electrons. The van der Waals surface area contributed by atoms with Gasteiger partial charge in [-0.1, -0.05) is 123 Å². The van der Waals surface area contributed by atoms with Crippen molar-refractivity contribution < 1.29 is 9.16 Å². The lowest BCUT2D eigenvalue weighted by molar-refractivity contribution is 0.00864. The highest BCUT2D eigenvalue weighted by molar-refractivity contribution is 8.00. The van der Waals surface area contributed by atoms with E-state index in [1.807, 2.05) is 36.3 Å². The Morgan fingerprint density at radius 2 is 1.50 bits per heavy atom. The molecule has 6 rings (SSSR count). The third kappa shape index (κ3) is 5.54. The van der Waals surface area contributed by atoms with Crippen LogP contribution in [0.4, 0.5) is 0 Å². The standard InChI is InChI=1S/C33H35ClN4O2SSi/c1-33(2,3)42(25-15-9-5-10-16-25,26-17-11-6-12-18-26)40-20-28-30(39-19-24-13-7-4-8-14-24)27(21-41-28)38-23-37-29-31(34)35-22-36-32(29)38/h4-18,22-23,27-28,30H,19-21H2,1-3H3/t27-,28-,30+/m1/s1. The summed E-state index contributed by atoms with van der Waals surface area (Å²) in [5, 5.41) is 2.91. The predicted molar refractivity (Wildman–Crippen MR) is 174 cm³/mol. The highest BCUT2D eigenvalue weighted by Crippen LogP contribution is 2.42. The third-order valence-corrected chi connectivity index (χ3v) is 14.7. The van der Waals surface area contributed by atoms with Gasteiger partial charge in [0.05, 0.1) is 30.3 Å². The Balaban J connectivity index is 1.35. The number of ether oxygens (including phenoxy) is 1. The minimum Gasteiger partial charge on any atom is -0.406 e. The normalized spacial score (nSPS) is 19.4. The van der Waals surface area contributed by atoms with Crippen LogP contribution in [0, 0.1) is 0 Å². The highest BCUT2D eigenvalue weighted by Gasteiger charge is 2.51. The first-order chi connectivity index (χ1) is 20.4. The van der Waals surface area contributed by atoms with Crippen LogP contribution in [-0.4, -0.2) is 51.6 Å². The van der Waals surface area contributed by atoms with E-state index in [0.717, 1.165) is 17.0 Å². The van der Waals surface area contributed by atoms with Gasteiger partial charge in [-0.25, -0.2) is 15.0 Å². The summed E-state index contributed by atoms with van der Waals surface area (Å²) in [4.78, 5) is 13.2. The van der Waals surface area contributed by atoms with Crippen LogP contribution in [-0.2, 0) is 15.8 Å². The van der Waals surface area contributed by atoms with Gasteiger partial charge in [0.2, 0.25) is 0 Å². The van der Waals surface area contributed by atoms with Crippen molar-refractivity contribution in [1.82, 2.24) is 19.5 Å². The van der Waals surface area contributed by atoms with E-state index in [1.165, 1.54) is 16.7 Å². The van der Waals surface area contributed by atoms with Gasteiger partial charge in [-0.15, -0.1) is 0 Å². The topological polar surface area (TPSA) is 62.1 Å². The minimum absolute atomic E-state index is 0.0161. The second kappa shape index (κ2) is 12.3. The first-order valence-corrected chi connectivity index (χ1v) is 17.6. The largest absolute Gasteiger partial charge is 0.406 e. The summed E-state index contributed by atoms with van der Waals surface area (Å²) in [5.74, 6) is 0.849. The first kappa shape index (κ1) is 29.1. The molecule has 1 aliphatic rings. The number of thioether (sulfide) groups is 1. The summed E-state index contributed by atoms with van der Waals surface area (Å²) in [5.41, 5.74) is 2.47. The third-order valence-electron chi connectivity index (χ3n) is 8.06. The molecule has 0 saturated carbocycles. The fourth-order valence-electron chi connectivity index (χ4n) is 6.06. The molecule has 0 spiro atoms. The van der Waals surface area contributed by atoms with Crippen molar-refractivity contribution in [3.05, 3.63) is 114 Å². The van der Waals surface area contributed by atoms with Gasteiger partial charge in [0.25, 0.3) is 8.32 Å². The van der Waals surface area contributed by atoms with Crippen LogP contribution in [0.1, 0.15) is 32.4 Å². The molecule has 0 unspecified atom stereocenters. The fourth-order valence-corrected chi connectivity index (χ4v) is 12.4. The Labute approximate surface area is 257 Å². The molecule has 0 N–H and O–H groups in total. The summed E-state index contributed by atoms with van der Waals surface area (Å²) >= 11 is 8.26. The number of fused-ring (bicyclic) bond motifs is 1. The lowest BCUT2D eigenvalue weighted by Crippen LogP contribution is -2.67. The highest BCUT2D eigenvalue weighted by atomic mass is 35.5. The van der Waals surface area contributed by atoms with Gasteiger partial charge in [0, 0.05) is 12.4 Å². The Bertz CT molecular complexity index is 1580. The summed E-state index contributed by atoms with van der Waals surface area (Å²) in [7, 11) is -2.70. The van der Waals surface area contributed by atoms with Gasteiger partial charge >= 0.3 is 0 Å².